The van der Waals surface area contributed by atoms with E-state index in [2.05, 4.69) is 5.32 Å². The van der Waals surface area contributed by atoms with E-state index in [1.165, 1.54) is 0 Å². The molecule has 1 aromatic carbocycles. The molecule has 0 aliphatic carbocycles. The molecule has 1 unspecified atom stereocenters. The lowest BCUT2D eigenvalue weighted by Gasteiger charge is -2.12. The number of aliphatic hydroxyl groups is 2. The van der Waals surface area contributed by atoms with Crippen molar-refractivity contribution in [3.63, 3.8) is 0 Å². The molecule has 0 fully saturated rings. The third-order valence-corrected chi connectivity index (χ3v) is 2.07. The summed E-state index contributed by atoms with van der Waals surface area (Å²) in [6.07, 6.45) is -0.0495. The van der Waals surface area contributed by atoms with Crippen molar-refractivity contribution in [2.24, 2.45) is 0 Å². The second kappa shape index (κ2) is 5.48. The van der Waals surface area contributed by atoms with Gasteiger partial charge in [-0.2, -0.15) is 0 Å². The Kier molecular flexibility index (Phi) is 4.27. The molecule has 0 aromatic heterocycles. The SMILES string of the molecule is Cc1ccc(NCC(O)CO)c(C=O)c1. The van der Waals surface area contributed by atoms with Gasteiger partial charge in [0, 0.05) is 17.8 Å². The molecule has 3 N–H and O–H groups in total. The van der Waals surface area contributed by atoms with Crippen molar-refractivity contribution in [3.05, 3.63) is 29.3 Å². The van der Waals surface area contributed by atoms with Crippen LogP contribution in [-0.2, 0) is 0 Å². The molecule has 0 aliphatic heterocycles. The van der Waals surface area contributed by atoms with Crippen molar-refractivity contribution in [1.29, 1.82) is 0 Å². The fraction of sp³-hybridized carbons (Fsp3) is 0.364. The molecule has 0 radical (unpaired) electrons. The summed E-state index contributed by atoms with van der Waals surface area (Å²) in [5.74, 6) is 0. The van der Waals surface area contributed by atoms with E-state index in [1.54, 1.807) is 12.1 Å². The highest BCUT2D eigenvalue weighted by atomic mass is 16.3. The summed E-state index contributed by atoms with van der Waals surface area (Å²) in [4.78, 5) is 10.7. The predicted molar refractivity (Wildman–Crippen MR) is 58.1 cm³/mol. The van der Waals surface area contributed by atoms with Gasteiger partial charge in [0.25, 0.3) is 0 Å². The van der Waals surface area contributed by atoms with Crippen LogP contribution in [0.3, 0.4) is 0 Å². The van der Waals surface area contributed by atoms with Crippen LogP contribution in [0.5, 0.6) is 0 Å². The van der Waals surface area contributed by atoms with Gasteiger partial charge in [-0.15, -0.1) is 0 Å². The third-order valence-electron chi connectivity index (χ3n) is 2.07. The first-order valence-corrected chi connectivity index (χ1v) is 4.76. The molecule has 0 spiro atoms. The van der Waals surface area contributed by atoms with Gasteiger partial charge >= 0.3 is 0 Å². The van der Waals surface area contributed by atoms with Crippen molar-refractivity contribution in [3.8, 4) is 0 Å². The summed E-state index contributed by atoms with van der Waals surface area (Å²) in [6.45, 7) is 1.83. The van der Waals surface area contributed by atoms with Crippen LogP contribution in [0.4, 0.5) is 5.69 Å². The van der Waals surface area contributed by atoms with E-state index in [0.29, 0.717) is 11.3 Å². The highest BCUT2D eigenvalue weighted by Gasteiger charge is 2.04. The Hall–Kier alpha value is -1.39. The molecule has 0 saturated heterocycles. The molecule has 1 rings (SSSR count). The number of carbonyl (C=O) groups excluding carboxylic acids is 1. The normalized spacial score (nSPS) is 12.2. The topological polar surface area (TPSA) is 69.6 Å². The summed E-state index contributed by atoms with van der Waals surface area (Å²) >= 11 is 0. The van der Waals surface area contributed by atoms with Gasteiger partial charge in [0.05, 0.1) is 12.7 Å². The largest absolute Gasteiger partial charge is 0.394 e. The predicted octanol–water partition coefficient (Wildman–Crippen LogP) is 0.573. The lowest BCUT2D eigenvalue weighted by Crippen LogP contribution is -2.23. The van der Waals surface area contributed by atoms with E-state index in [1.807, 2.05) is 13.0 Å². The molecule has 0 amide bonds. The number of aliphatic hydroxyl groups excluding tert-OH is 2. The van der Waals surface area contributed by atoms with Crippen LogP contribution in [0.1, 0.15) is 15.9 Å². The van der Waals surface area contributed by atoms with E-state index in [0.717, 1.165) is 11.8 Å². The Morgan fingerprint density at radius 2 is 2.27 bits per heavy atom. The van der Waals surface area contributed by atoms with Gasteiger partial charge in [-0.25, -0.2) is 0 Å². The van der Waals surface area contributed by atoms with Crippen LogP contribution in [0.2, 0.25) is 0 Å². The van der Waals surface area contributed by atoms with Crippen molar-refractivity contribution >= 4 is 12.0 Å². The van der Waals surface area contributed by atoms with E-state index in [9.17, 15) is 4.79 Å². The molecule has 1 atom stereocenters. The van der Waals surface area contributed by atoms with Crippen LogP contribution >= 0.6 is 0 Å². The molecular formula is C11H15NO3. The zero-order chi connectivity index (χ0) is 11.3. The average molecular weight is 209 g/mol. The van der Waals surface area contributed by atoms with E-state index < -0.39 is 6.10 Å². The average Bonchev–Trinajstić information content (AvgIpc) is 2.26. The number of hydrogen-bond donors (Lipinski definition) is 3. The molecule has 15 heavy (non-hydrogen) atoms. The number of rotatable bonds is 5. The first-order chi connectivity index (χ1) is 7.17. The monoisotopic (exact) mass is 209 g/mol. The number of anilines is 1. The summed E-state index contributed by atoms with van der Waals surface area (Å²) in [6, 6.07) is 5.42. The summed E-state index contributed by atoms with van der Waals surface area (Å²) in [7, 11) is 0. The second-order valence-electron chi connectivity index (χ2n) is 3.43. The Bertz CT molecular complexity index is 339. The van der Waals surface area contributed by atoms with Crippen LogP contribution in [0.15, 0.2) is 18.2 Å². The van der Waals surface area contributed by atoms with E-state index in [-0.39, 0.29) is 13.2 Å². The Balaban J connectivity index is 2.72. The van der Waals surface area contributed by atoms with Gasteiger partial charge < -0.3 is 15.5 Å². The van der Waals surface area contributed by atoms with Gasteiger partial charge in [0.15, 0.2) is 6.29 Å². The summed E-state index contributed by atoms with van der Waals surface area (Å²) in [5, 5.41) is 20.7. The molecule has 0 aliphatic rings. The molecule has 1 aromatic rings. The molecule has 82 valence electrons. The van der Waals surface area contributed by atoms with Crippen LogP contribution in [-0.4, -0.2) is 35.8 Å². The first kappa shape index (κ1) is 11.7. The molecule has 0 bridgehead atoms. The van der Waals surface area contributed by atoms with Crippen molar-refractivity contribution < 1.29 is 15.0 Å². The highest BCUT2D eigenvalue weighted by molar-refractivity contribution is 5.84. The van der Waals surface area contributed by atoms with Gasteiger partial charge in [-0.3, -0.25) is 4.79 Å². The summed E-state index contributed by atoms with van der Waals surface area (Å²) in [5.41, 5.74) is 2.23. The van der Waals surface area contributed by atoms with E-state index in [4.69, 9.17) is 10.2 Å². The van der Waals surface area contributed by atoms with Gasteiger partial charge in [0.2, 0.25) is 0 Å². The maximum Gasteiger partial charge on any atom is 0.152 e. The second-order valence-corrected chi connectivity index (χ2v) is 3.43. The maximum absolute atomic E-state index is 10.7. The Morgan fingerprint density at radius 3 is 2.87 bits per heavy atom. The number of hydrogen-bond acceptors (Lipinski definition) is 4. The van der Waals surface area contributed by atoms with Gasteiger partial charge in [-0.05, 0) is 19.1 Å². The minimum absolute atomic E-state index is 0.223. The number of benzene rings is 1. The molecule has 0 heterocycles. The number of aryl methyl sites for hydroxylation is 1. The highest BCUT2D eigenvalue weighted by Crippen LogP contribution is 2.15. The molecule has 0 saturated carbocycles. The maximum atomic E-state index is 10.7. The number of aldehydes is 1. The quantitative estimate of drug-likeness (QED) is 0.620. The minimum Gasteiger partial charge on any atom is -0.394 e. The van der Waals surface area contributed by atoms with Crippen molar-refractivity contribution in [2.45, 2.75) is 13.0 Å². The Labute approximate surface area is 88.6 Å². The van der Waals surface area contributed by atoms with E-state index >= 15 is 0 Å². The molecule has 4 heteroatoms. The minimum atomic E-state index is -0.814. The first-order valence-electron chi connectivity index (χ1n) is 4.76. The van der Waals surface area contributed by atoms with Gasteiger partial charge in [-0.1, -0.05) is 11.6 Å². The zero-order valence-electron chi connectivity index (χ0n) is 8.60. The van der Waals surface area contributed by atoms with Gasteiger partial charge in [0.1, 0.15) is 0 Å². The standard InChI is InChI=1S/C11H15NO3/c1-8-2-3-11(9(4-8)6-13)12-5-10(15)7-14/h2-4,6,10,12,14-15H,5,7H2,1H3. The number of nitrogens with one attached hydrogen (secondary N) is 1. The third kappa shape index (κ3) is 3.34. The molecular weight excluding hydrogens is 194 g/mol. The van der Waals surface area contributed by atoms with Crippen LogP contribution < -0.4 is 5.32 Å². The summed E-state index contributed by atoms with van der Waals surface area (Å²) < 4.78 is 0. The van der Waals surface area contributed by atoms with Crippen molar-refractivity contribution in [1.82, 2.24) is 0 Å². The van der Waals surface area contributed by atoms with Crippen LogP contribution in [0, 0.1) is 6.92 Å². The number of carbonyl (C=O) groups is 1. The Morgan fingerprint density at radius 1 is 1.53 bits per heavy atom. The fourth-order valence-corrected chi connectivity index (χ4v) is 1.23. The van der Waals surface area contributed by atoms with Crippen LogP contribution in [0.25, 0.3) is 0 Å². The fourth-order valence-electron chi connectivity index (χ4n) is 1.23. The molecule has 4 nitrogen and oxygen atoms in total. The smallest absolute Gasteiger partial charge is 0.152 e. The van der Waals surface area contributed by atoms with Crippen molar-refractivity contribution in [2.75, 3.05) is 18.5 Å². The lowest BCUT2D eigenvalue weighted by atomic mass is 10.1. The lowest BCUT2D eigenvalue weighted by molar-refractivity contribution is 0.105. The zero-order valence-corrected chi connectivity index (χ0v) is 8.60.